The number of rotatable bonds is 15. The van der Waals surface area contributed by atoms with Crippen LogP contribution in [0.1, 0.15) is 85.0 Å². The van der Waals surface area contributed by atoms with Crippen LogP contribution < -0.4 is 0 Å². The number of carbonyl (C=O) groups is 4. The van der Waals surface area contributed by atoms with E-state index in [1.807, 2.05) is 6.92 Å². The molecule has 0 aromatic rings. The molecule has 0 amide bonds. The maximum atomic E-state index is 13.1. The first-order chi connectivity index (χ1) is 25.4. The molecule has 13 atom stereocenters. The summed E-state index contributed by atoms with van der Waals surface area (Å²) in [4.78, 5) is 49.4. The molecule has 4 aliphatic carbocycles. The highest BCUT2D eigenvalue weighted by atomic mass is 32.3. The van der Waals surface area contributed by atoms with Crippen molar-refractivity contribution >= 4 is 44.7 Å². The van der Waals surface area contributed by atoms with E-state index < -0.39 is 124 Å². The lowest BCUT2D eigenvalue weighted by Crippen LogP contribution is -2.64. The highest BCUT2D eigenvalue weighted by Crippen LogP contribution is 2.70. The van der Waals surface area contributed by atoms with Crippen LogP contribution in [-0.4, -0.2) is 115 Å². The Hall–Kier alpha value is -2.76. The maximum Gasteiger partial charge on any atom is 0.397 e. The molecule has 0 aromatic carbocycles. The Bertz CT molecular complexity index is 1730. The fourth-order valence-corrected chi connectivity index (χ4v) is 11.3. The SMILES string of the molecule is C=C1C2CCC3C4(C)CC(OC5O[C@H](COC(=O)CCC(=O)O)[C@@H](OS(=O)(=O)O)C(OS(=O)(=O)O)C5OC(=O)CC(C)C)CC(C(=O)O)C4CCC3(C2)[C@H]1O. The third-order valence-electron chi connectivity index (χ3n) is 12.3. The molecule has 5 rings (SSSR count). The number of ether oxygens (including phenoxy) is 4. The average molecular weight is 827 g/mol. The summed E-state index contributed by atoms with van der Waals surface area (Å²) >= 11 is 0. The van der Waals surface area contributed by atoms with Crippen molar-refractivity contribution in [3.05, 3.63) is 12.2 Å². The number of fused-ring (bicyclic) bond motifs is 3. The number of aliphatic hydroxyl groups is 1. The molecular formula is C34H50O19S2. The largest absolute Gasteiger partial charge is 0.481 e. The third-order valence-corrected chi connectivity index (χ3v) is 13.2. The van der Waals surface area contributed by atoms with Crippen molar-refractivity contribution in [3.63, 3.8) is 0 Å². The van der Waals surface area contributed by atoms with Gasteiger partial charge in [-0.2, -0.15) is 16.8 Å². The van der Waals surface area contributed by atoms with Gasteiger partial charge in [0.05, 0.1) is 31.0 Å². The van der Waals surface area contributed by atoms with Crippen LogP contribution in [-0.2, 0) is 67.3 Å². The molecule has 1 aliphatic heterocycles. The standard InChI is InChI=1S/C34H50O19S2/c1-16(2)11-26(38)51-29-28(53-55(45,46)47)27(52-54(42,43)44)22(15-48-25(37)8-7-24(35)36)50-32(29)49-19-12-20(31(40)41)21-9-10-34-13-18(17(3)30(34)39)5-6-23(34)33(21,4)14-19/h16,18-23,27-30,32,39H,3,5-15H2,1-2,4H3,(H,35,36)(H,40,41)(H,42,43,44)(H,45,46,47)/t18?,19?,20?,21?,22-,23?,27-,28?,29?,30+,32?,33?,34?/m1/s1. The van der Waals surface area contributed by atoms with E-state index in [9.17, 15) is 55.3 Å². The fraction of sp³-hybridized carbons (Fsp3) is 0.824. The Labute approximate surface area is 318 Å². The number of hydrogen-bond donors (Lipinski definition) is 5. The zero-order chi connectivity index (χ0) is 40.8. The van der Waals surface area contributed by atoms with E-state index in [4.69, 9.17) is 32.4 Å². The van der Waals surface area contributed by atoms with E-state index in [0.29, 0.717) is 25.7 Å². The molecule has 2 bridgehead atoms. The van der Waals surface area contributed by atoms with E-state index in [-0.39, 0.29) is 42.9 Å². The Morgan fingerprint density at radius 2 is 1.58 bits per heavy atom. The van der Waals surface area contributed by atoms with Gasteiger partial charge in [0.2, 0.25) is 0 Å². The molecule has 1 spiro atoms. The van der Waals surface area contributed by atoms with Gasteiger partial charge in [0.25, 0.3) is 0 Å². The van der Waals surface area contributed by atoms with E-state index in [2.05, 4.69) is 6.58 Å². The summed E-state index contributed by atoms with van der Waals surface area (Å²) in [6.45, 7) is 8.46. The summed E-state index contributed by atoms with van der Waals surface area (Å²) in [5.41, 5.74) is -0.498. The quantitative estimate of drug-likeness (QED) is 0.0683. The second kappa shape index (κ2) is 16.2. The molecule has 5 N–H and O–H groups in total. The molecule has 55 heavy (non-hydrogen) atoms. The van der Waals surface area contributed by atoms with Gasteiger partial charge in [-0.05, 0) is 79.6 Å². The van der Waals surface area contributed by atoms with Crippen molar-refractivity contribution in [3.8, 4) is 0 Å². The van der Waals surface area contributed by atoms with Crippen LogP contribution in [0.15, 0.2) is 12.2 Å². The normalized spacial score (nSPS) is 38.8. The van der Waals surface area contributed by atoms with E-state index in [0.717, 1.165) is 12.0 Å². The minimum Gasteiger partial charge on any atom is -0.481 e. The van der Waals surface area contributed by atoms with Gasteiger partial charge in [0.1, 0.15) is 18.8 Å². The number of carboxylic acids is 2. The predicted molar refractivity (Wildman–Crippen MR) is 183 cm³/mol. The van der Waals surface area contributed by atoms with Crippen LogP contribution in [0, 0.1) is 40.4 Å². The Balaban J connectivity index is 1.53. The molecule has 1 heterocycles. The highest BCUT2D eigenvalue weighted by molar-refractivity contribution is 7.81. The first-order valence-electron chi connectivity index (χ1n) is 18.2. The number of carboxylic acid groups (broad SMARTS) is 2. The van der Waals surface area contributed by atoms with Crippen molar-refractivity contribution in [1.82, 2.24) is 0 Å². The minimum atomic E-state index is -5.55. The predicted octanol–water partition coefficient (Wildman–Crippen LogP) is 2.08. The van der Waals surface area contributed by atoms with Gasteiger partial charge in [-0.1, -0.05) is 27.4 Å². The summed E-state index contributed by atoms with van der Waals surface area (Å²) in [6, 6.07) is 0. The number of esters is 2. The molecule has 0 aromatic heterocycles. The Morgan fingerprint density at radius 1 is 0.927 bits per heavy atom. The molecule has 5 aliphatic rings. The summed E-state index contributed by atoms with van der Waals surface area (Å²) < 4.78 is 101. The van der Waals surface area contributed by atoms with E-state index in [1.165, 1.54) is 0 Å². The van der Waals surface area contributed by atoms with Crippen molar-refractivity contribution in [1.29, 1.82) is 0 Å². The fourth-order valence-electron chi connectivity index (χ4n) is 10.3. The lowest BCUT2D eigenvalue weighted by molar-refractivity contribution is -0.316. The Kier molecular flexibility index (Phi) is 12.8. The van der Waals surface area contributed by atoms with Crippen LogP contribution in [0.25, 0.3) is 0 Å². The summed E-state index contributed by atoms with van der Waals surface area (Å²) in [7, 11) is -11.1. The lowest BCUT2D eigenvalue weighted by Gasteiger charge is -2.62. The average Bonchev–Trinajstić information content (AvgIpc) is 3.22. The minimum absolute atomic E-state index is 0.0939. The van der Waals surface area contributed by atoms with Crippen LogP contribution in [0.5, 0.6) is 0 Å². The molecule has 21 heteroatoms. The molecule has 19 nitrogen and oxygen atoms in total. The molecule has 1 saturated heterocycles. The zero-order valence-electron chi connectivity index (χ0n) is 30.7. The van der Waals surface area contributed by atoms with E-state index in [1.54, 1.807) is 13.8 Å². The molecule has 0 radical (unpaired) electrons. The number of hydrogen-bond acceptors (Lipinski definition) is 15. The smallest absolute Gasteiger partial charge is 0.397 e. The summed E-state index contributed by atoms with van der Waals surface area (Å²) in [6.07, 6.45) is -10.5. The summed E-state index contributed by atoms with van der Waals surface area (Å²) in [5.74, 6) is -6.15. The van der Waals surface area contributed by atoms with E-state index >= 15 is 0 Å². The van der Waals surface area contributed by atoms with Gasteiger partial charge in [0, 0.05) is 11.8 Å². The topological polar surface area (TPSA) is 293 Å². The molecule has 4 saturated carbocycles. The van der Waals surface area contributed by atoms with Gasteiger partial charge >= 0.3 is 44.7 Å². The van der Waals surface area contributed by atoms with Crippen molar-refractivity contribution < 1.29 is 87.8 Å². The third kappa shape index (κ3) is 9.52. The monoisotopic (exact) mass is 826 g/mol. The van der Waals surface area contributed by atoms with Crippen LogP contribution in [0.2, 0.25) is 0 Å². The second-order valence-electron chi connectivity index (χ2n) is 16.2. The van der Waals surface area contributed by atoms with Crippen LogP contribution >= 0.6 is 0 Å². The second-order valence-corrected chi connectivity index (χ2v) is 18.3. The molecule has 5 fully saturated rings. The lowest BCUT2D eigenvalue weighted by atomic mass is 9.43. The van der Waals surface area contributed by atoms with Gasteiger partial charge < -0.3 is 34.3 Å². The van der Waals surface area contributed by atoms with Crippen LogP contribution in [0.3, 0.4) is 0 Å². The van der Waals surface area contributed by atoms with Gasteiger partial charge in [0.15, 0.2) is 18.5 Å². The molecule has 312 valence electrons. The van der Waals surface area contributed by atoms with Crippen molar-refractivity contribution in [2.45, 2.75) is 128 Å². The van der Waals surface area contributed by atoms with Crippen molar-refractivity contribution in [2.75, 3.05) is 6.61 Å². The number of aliphatic hydroxyl groups excluding tert-OH is 1. The first kappa shape index (κ1) is 43.4. The Morgan fingerprint density at radius 3 is 2.18 bits per heavy atom. The first-order valence-corrected chi connectivity index (χ1v) is 21.0. The number of aliphatic carboxylic acids is 2. The van der Waals surface area contributed by atoms with Gasteiger partial charge in [-0.15, -0.1) is 0 Å². The van der Waals surface area contributed by atoms with Crippen LogP contribution in [0.4, 0.5) is 0 Å². The van der Waals surface area contributed by atoms with Gasteiger partial charge in [-0.3, -0.25) is 28.3 Å². The number of carbonyl (C=O) groups excluding carboxylic acids is 2. The molecule has 10 unspecified atom stereocenters. The van der Waals surface area contributed by atoms with Crippen molar-refractivity contribution in [2.24, 2.45) is 40.4 Å². The molecular weight excluding hydrogens is 776 g/mol. The zero-order valence-corrected chi connectivity index (χ0v) is 32.3. The maximum absolute atomic E-state index is 13.1. The highest BCUT2D eigenvalue weighted by Gasteiger charge is 2.67. The summed E-state index contributed by atoms with van der Waals surface area (Å²) in [5, 5.41) is 31.0. The van der Waals surface area contributed by atoms with Gasteiger partial charge in [-0.25, -0.2) is 8.37 Å².